The fourth-order valence-electron chi connectivity index (χ4n) is 2.62. The minimum absolute atomic E-state index is 0.201. The third-order valence-electron chi connectivity index (χ3n) is 3.71. The lowest BCUT2D eigenvalue weighted by Gasteiger charge is -2.26. The number of fused-ring (bicyclic) bond motifs is 1. The lowest BCUT2D eigenvalue weighted by atomic mass is 10.1. The standard InChI is InChI=1S/C14H16N4O3/c19-12-9-5-4-6-10(11(9)13(20)17-16-12)15-14(21)18-7-2-1-3-8-18/h4-6H,1-3,7-8H2,(H,15,21)(H,16,19)(H,17,20). The molecule has 7 heteroatoms. The van der Waals surface area contributed by atoms with E-state index in [9.17, 15) is 14.4 Å². The number of anilines is 1. The molecule has 1 saturated heterocycles. The molecule has 21 heavy (non-hydrogen) atoms. The van der Waals surface area contributed by atoms with Gasteiger partial charge in [0, 0.05) is 13.1 Å². The van der Waals surface area contributed by atoms with Crippen LogP contribution in [0.4, 0.5) is 10.5 Å². The van der Waals surface area contributed by atoms with E-state index in [-0.39, 0.29) is 16.8 Å². The number of amides is 2. The monoisotopic (exact) mass is 288 g/mol. The Bertz CT molecular complexity index is 787. The van der Waals surface area contributed by atoms with Crippen LogP contribution in [0.2, 0.25) is 0 Å². The zero-order valence-corrected chi connectivity index (χ0v) is 11.4. The Morgan fingerprint density at radius 1 is 1.05 bits per heavy atom. The van der Waals surface area contributed by atoms with Gasteiger partial charge in [-0.3, -0.25) is 19.8 Å². The van der Waals surface area contributed by atoms with Crippen LogP contribution in [0.5, 0.6) is 0 Å². The van der Waals surface area contributed by atoms with E-state index in [4.69, 9.17) is 0 Å². The van der Waals surface area contributed by atoms with Crippen LogP contribution < -0.4 is 16.4 Å². The van der Waals surface area contributed by atoms with Crippen LogP contribution in [-0.4, -0.2) is 34.2 Å². The second kappa shape index (κ2) is 5.43. The van der Waals surface area contributed by atoms with Gasteiger partial charge in [0.25, 0.3) is 11.1 Å². The van der Waals surface area contributed by atoms with Crippen molar-refractivity contribution in [3.05, 3.63) is 38.9 Å². The summed E-state index contributed by atoms with van der Waals surface area (Å²) in [4.78, 5) is 37.6. The molecule has 2 amide bonds. The van der Waals surface area contributed by atoms with E-state index < -0.39 is 11.1 Å². The van der Waals surface area contributed by atoms with Gasteiger partial charge in [0.05, 0.1) is 16.5 Å². The van der Waals surface area contributed by atoms with Crippen molar-refractivity contribution in [1.82, 2.24) is 15.1 Å². The van der Waals surface area contributed by atoms with E-state index in [2.05, 4.69) is 15.5 Å². The third kappa shape index (κ3) is 2.54. The summed E-state index contributed by atoms with van der Waals surface area (Å²) in [6.45, 7) is 1.43. The highest BCUT2D eigenvalue weighted by molar-refractivity contribution is 6.00. The number of aromatic amines is 2. The minimum Gasteiger partial charge on any atom is -0.325 e. The zero-order chi connectivity index (χ0) is 14.8. The number of nitrogens with one attached hydrogen (secondary N) is 3. The topological polar surface area (TPSA) is 98.1 Å². The second-order valence-electron chi connectivity index (χ2n) is 5.11. The first kappa shape index (κ1) is 13.4. The van der Waals surface area contributed by atoms with Crippen molar-refractivity contribution in [2.45, 2.75) is 19.3 Å². The van der Waals surface area contributed by atoms with Gasteiger partial charge in [-0.25, -0.2) is 4.79 Å². The number of hydrogen-bond acceptors (Lipinski definition) is 3. The normalized spacial score (nSPS) is 15.1. The summed E-state index contributed by atoms with van der Waals surface area (Å²) in [5, 5.41) is 7.74. The maximum absolute atomic E-state index is 12.2. The van der Waals surface area contributed by atoms with E-state index in [0.29, 0.717) is 18.8 Å². The molecular weight excluding hydrogens is 272 g/mol. The molecule has 3 N–H and O–H groups in total. The summed E-state index contributed by atoms with van der Waals surface area (Å²) in [7, 11) is 0. The van der Waals surface area contributed by atoms with Gasteiger partial charge < -0.3 is 10.2 Å². The van der Waals surface area contributed by atoms with Gasteiger partial charge in [-0.1, -0.05) is 6.07 Å². The number of piperidine rings is 1. The average molecular weight is 288 g/mol. The van der Waals surface area contributed by atoms with E-state index in [1.165, 1.54) is 0 Å². The SMILES string of the molecule is O=C(Nc1cccc2c(=O)[nH][nH]c(=O)c12)N1CCCCC1. The molecule has 0 unspecified atom stereocenters. The third-order valence-corrected chi connectivity index (χ3v) is 3.71. The number of hydrogen-bond donors (Lipinski definition) is 3. The molecule has 0 saturated carbocycles. The second-order valence-corrected chi connectivity index (χ2v) is 5.11. The lowest BCUT2D eigenvalue weighted by Crippen LogP contribution is -2.39. The van der Waals surface area contributed by atoms with Gasteiger partial charge in [-0.05, 0) is 31.4 Å². The van der Waals surface area contributed by atoms with E-state index in [1.54, 1.807) is 23.1 Å². The molecule has 0 spiro atoms. The number of H-pyrrole nitrogens is 2. The number of likely N-dealkylation sites (tertiary alicyclic amines) is 1. The highest BCUT2D eigenvalue weighted by atomic mass is 16.2. The molecule has 0 bridgehead atoms. The fourth-order valence-corrected chi connectivity index (χ4v) is 2.62. The first-order valence-corrected chi connectivity index (χ1v) is 6.96. The Morgan fingerprint density at radius 2 is 1.76 bits per heavy atom. The predicted octanol–water partition coefficient (Wildman–Crippen LogP) is 1.23. The molecule has 0 atom stereocenters. The van der Waals surface area contributed by atoms with Crippen molar-refractivity contribution in [3.63, 3.8) is 0 Å². The molecule has 3 rings (SSSR count). The molecule has 7 nitrogen and oxygen atoms in total. The highest BCUT2D eigenvalue weighted by Gasteiger charge is 2.18. The summed E-state index contributed by atoms with van der Waals surface area (Å²) < 4.78 is 0. The van der Waals surface area contributed by atoms with Crippen LogP contribution in [0, 0.1) is 0 Å². The number of benzene rings is 1. The smallest absolute Gasteiger partial charge is 0.321 e. The quantitative estimate of drug-likeness (QED) is 0.736. The first-order valence-electron chi connectivity index (χ1n) is 6.96. The van der Waals surface area contributed by atoms with Crippen LogP contribution in [-0.2, 0) is 0 Å². The molecule has 2 aromatic rings. The van der Waals surface area contributed by atoms with Crippen molar-refractivity contribution < 1.29 is 4.79 Å². The summed E-state index contributed by atoms with van der Waals surface area (Å²) in [5.41, 5.74) is -0.465. The molecule has 110 valence electrons. The number of carbonyl (C=O) groups excluding carboxylic acids is 1. The van der Waals surface area contributed by atoms with Gasteiger partial charge >= 0.3 is 6.03 Å². The fraction of sp³-hybridized carbons (Fsp3) is 0.357. The van der Waals surface area contributed by atoms with Crippen LogP contribution in [0.3, 0.4) is 0 Å². The molecule has 1 aromatic carbocycles. The molecule has 1 aliphatic rings. The van der Waals surface area contributed by atoms with Gasteiger partial charge in [0.2, 0.25) is 0 Å². The van der Waals surface area contributed by atoms with Gasteiger partial charge in [-0.2, -0.15) is 0 Å². The van der Waals surface area contributed by atoms with E-state index in [1.807, 2.05) is 0 Å². The average Bonchev–Trinajstić information content (AvgIpc) is 2.52. The van der Waals surface area contributed by atoms with Crippen LogP contribution in [0.15, 0.2) is 27.8 Å². The van der Waals surface area contributed by atoms with Crippen LogP contribution >= 0.6 is 0 Å². The van der Waals surface area contributed by atoms with Crippen LogP contribution in [0.25, 0.3) is 10.8 Å². The number of urea groups is 1. The van der Waals surface area contributed by atoms with Gasteiger partial charge in [-0.15, -0.1) is 0 Å². The molecule has 2 heterocycles. The predicted molar refractivity (Wildman–Crippen MR) is 79.6 cm³/mol. The summed E-state index contributed by atoms with van der Waals surface area (Å²) in [5.74, 6) is 0. The highest BCUT2D eigenvalue weighted by Crippen LogP contribution is 2.18. The van der Waals surface area contributed by atoms with Crippen LogP contribution in [0.1, 0.15) is 19.3 Å². The number of nitrogens with zero attached hydrogens (tertiary/aromatic N) is 1. The Balaban J connectivity index is 1.97. The lowest BCUT2D eigenvalue weighted by molar-refractivity contribution is 0.200. The van der Waals surface area contributed by atoms with E-state index in [0.717, 1.165) is 19.3 Å². The maximum atomic E-state index is 12.2. The minimum atomic E-state index is -0.431. The van der Waals surface area contributed by atoms with Crippen molar-refractivity contribution in [2.24, 2.45) is 0 Å². The number of aromatic nitrogens is 2. The Kier molecular flexibility index (Phi) is 3.47. The maximum Gasteiger partial charge on any atom is 0.321 e. The summed E-state index contributed by atoms with van der Waals surface area (Å²) in [6.07, 6.45) is 3.11. The first-order chi connectivity index (χ1) is 10.2. The molecule has 0 aliphatic carbocycles. The largest absolute Gasteiger partial charge is 0.325 e. The molecule has 1 fully saturated rings. The molecular formula is C14H16N4O3. The van der Waals surface area contributed by atoms with Crippen molar-refractivity contribution in [2.75, 3.05) is 18.4 Å². The number of rotatable bonds is 1. The van der Waals surface area contributed by atoms with E-state index >= 15 is 0 Å². The van der Waals surface area contributed by atoms with Gasteiger partial charge in [0.1, 0.15) is 0 Å². The number of carbonyl (C=O) groups is 1. The molecule has 0 radical (unpaired) electrons. The Morgan fingerprint density at radius 3 is 2.52 bits per heavy atom. The molecule has 1 aromatic heterocycles. The van der Waals surface area contributed by atoms with Crippen molar-refractivity contribution in [1.29, 1.82) is 0 Å². The van der Waals surface area contributed by atoms with Crippen molar-refractivity contribution in [3.8, 4) is 0 Å². The zero-order valence-electron chi connectivity index (χ0n) is 11.4. The Hall–Kier alpha value is -2.57. The summed E-state index contributed by atoms with van der Waals surface area (Å²) >= 11 is 0. The van der Waals surface area contributed by atoms with Gasteiger partial charge in [0.15, 0.2) is 0 Å². The molecule has 1 aliphatic heterocycles. The Labute approximate surface area is 119 Å². The summed E-state index contributed by atoms with van der Waals surface area (Å²) in [6, 6.07) is 4.59. The van der Waals surface area contributed by atoms with Crippen molar-refractivity contribution >= 4 is 22.5 Å².